The maximum Gasteiger partial charge on any atom is 0.395 e. The Kier molecular flexibility index (Phi) is 16.3. The third-order valence-electron chi connectivity index (χ3n) is 5.33. The zero-order chi connectivity index (χ0) is 25.0. The molecule has 0 saturated carbocycles. The minimum absolute atomic E-state index is 0.140. The predicted octanol–water partition coefficient (Wildman–Crippen LogP) is 4.93. The summed E-state index contributed by atoms with van der Waals surface area (Å²) < 4.78 is 20.4. The average Bonchev–Trinajstić information content (AvgIpc) is 3.29. The first-order valence-electron chi connectivity index (χ1n) is 12.6. The number of unbranched alkanes of at least 4 members (excludes halogenated alkanes) is 11. The number of oxazole rings is 1. The van der Waals surface area contributed by atoms with Gasteiger partial charge in [0.05, 0.1) is 13.2 Å². The highest BCUT2D eigenvalue weighted by atomic mass is 16.6. The molecule has 0 N–H and O–H groups in total. The fraction of sp³-hybridized carbons (Fsp3) is 0.760. The summed E-state index contributed by atoms with van der Waals surface area (Å²) in [5.74, 6) is -2.10. The minimum Gasteiger partial charge on any atom is -0.465 e. The number of rotatable bonds is 20. The van der Waals surface area contributed by atoms with Crippen LogP contribution in [-0.2, 0) is 19.1 Å². The molecular formula is C25H42N2O7. The number of esters is 2. The van der Waals surface area contributed by atoms with E-state index < -0.39 is 24.5 Å². The highest BCUT2D eigenvalue weighted by molar-refractivity contribution is 5.88. The van der Waals surface area contributed by atoms with Crippen molar-refractivity contribution < 1.29 is 33.0 Å². The first kappa shape index (κ1) is 29.5. The van der Waals surface area contributed by atoms with E-state index in [1.165, 1.54) is 77.5 Å². The van der Waals surface area contributed by atoms with Crippen LogP contribution in [0.1, 0.15) is 102 Å². The van der Waals surface area contributed by atoms with Crippen molar-refractivity contribution in [2.45, 2.75) is 90.9 Å². The lowest BCUT2D eigenvalue weighted by Crippen LogP contribution is -2.36. The molecule has 1 rings (SSSR count). The SMILES string of the molecule is CCCCCCCCCCCCCCOc1cnc(C(=O)OCC(=O)N(C)CC(=O)OCC)o1. The van der Waals surface area contributed by atoms with Gasteiger partial charge >= 0.3 is 23.8 Å². The van der Waals surface area contributed by atoms with Crippen LogP contribution in [0, 0.1) is 0 Å². The van der Waals surface area contributed by atoms with Gasteiger partial charge in [-0.2, -0.15) is 0 Å². The molecule has 1 amide bonds. The van der Waals surface area contributed by atoms with Gasteiger partial charge in [-0.3, -0.25) is 9.59 Å². The van der Waals surface area contributed by atoms with Gasteiger partial charge in [-0.1, -0.05) is 77.6 Å². The van der Waals surface area contributed by atoms with Crippen molar-refractivity contribution in [1.82, 2.24) is 9.88 Å². The largest absolute Gasteiger partial charge is 0.465 e. The lowest BCUT2D eigenvalue weighted by Gasteiger charge is -2.15. The van der Waals surface area contributed by atoms with Crippen molar-refractivity contribution >= 4 is 17.8 Å². The van der Waals surface area contributed by atoms with Crippen molar-refractivity contribution in [1.29, 1.82) is 0 Å². The summed E-state index contributed by atoms with van der Waals surface area (Å²) in [7, 11) is 1.42. The quantitative estimate of drug-likeness (QED) is 0.190. The lowest BCUT2D eigenvalue weighted by molar-refractivity contribution is -0.148. The molecule has 0 aliphatic rings. The minimum atomic E-state index is -0.877. The standard InChI is InChI=1S/C25H42N2O7/c1-4-6-7-8-9-10-11-12-13-14-15-16-17-32-23-18-26-24(34-23)25(30)33-20-21(28)27(3)19-22(29)31-5-2/h18H,4-17,19-20H2,1-3H3. The fourth-order valence-electron chi connectivity index (χ4n) is 3.32. The molecule has 0 spiro atoms. The second-order valence-electron chi connectivity index (χ2n) is 8.35. The third-order valence-corrected chi connectivity index (χ3v) is 5.33. The fourth-order valence-corrected chi connectivity index (χ4v) is 3.32. The van der Waals surface area contributed by atoms with E-state index in [-0.39, 0.29) is 25.0 Å². The molecule has 1 aromatic heterocycles. The maximum absolute atomic E-state index is 12.0. The Balaban J connectivity index is 2.09. The number of amides is 1. The molecular weight excluding hydrogens is 440 g/mol. The van der Waals surface area contributed by atoms with E-state index in [1.807, 2.05) is 0 Å². The smallest absolute Gasteiger partial charge is 0.395 e. The van der Waals surface area contributed by atoms with Crippen molar-refractivity contribution in [3.05, 3.63) is 12.1 Å². The normalized spacial score (nSPS) is 10.7. The van der Waals surface area contributed by atoms with Crippen molar-refractivity contribution in [2.24, 2.45) is 0 Å². The summed E-state index contributed by atoms with van der Waals surface area (Å²) in [4.78, 5) is 40.3. The van der Waals surface area contributed by atoms with Gasteiger partial charge in [0.1, 0.15) is 12.7 Å². The van der Waals surface area contributed by atoms with E-state index in [0.29, 0.717) is 6.61 Å². The Labute approximate surface area is 203 Å². The highest BCUT2D eigenvalue weighted by Crippen LogP contribution is 2.15. The number of aromatic nitrogens is 1. The number of hydrogen-bond donors (Lipinski definition) is 0. The number of likely N-dealkylation sites (N-methyl/N-ethyl adjacent to an activating group) is 1. The molecule has 0 bridgehead atoms. The van der Waals surface area contributed by atoms with Gasteiger partial charge in [0.15, 0.2) is 6.61 Å². The van der Waals surface area contributed by atoms with E-state index in [2.05, 4.69) is 11.9 Å². The van der Waals surface area contributed by atoms with Crippen molar-refractivity contribution in [3.63, 3.8) is 0 Å². The van der Waals surface area contributed by atoms with Crippen LogP contribution in [-0.4, -0.2) is 61.1 Å². The van der Waals surface area contributed by atoms with Crippen molar-refractivity contribution in [2.75, 3.05) is 33.4 Å². The number of nitrogens with zero attached hydrogens (tertiary/aromatic N) is 2. The number of hydrogen-bond acceptors (Lipinski definition) is 8. The van der Waals surface area contributed by atoms with Gasteiger partial charge in [-0.25, -0.2) is 9.78 Å². The Morgan fingerprint density at radius 2 is 1.47 bits per heavy atom. The maximum atomic E-state index is 12.0. The van der Waals surface area contributed by atoms with Gasteiger partial charge in [-0.05, 0) is 13.3 Å². The molecule has 9 nitrogen and oxygen atoms in total. The van der Waals surface area contributed by atoms with E-state index >= 15 is 0 Å². The second kappa shape index (κ2) is 18.8. The molecule has 0 radical (unpaired) electrons. The summed E-state index contributed by atoms with van der Waals surface area (Å²) in [6.45, 7) is 3.87. The highest BCUT2D eigenvalue weighted by Gasteiger charge is 2.20. The van der Waals surface area contributed by atoms with Crippen LogP contribution in [0.5, 0.6) is 5.95 Å². The van der Waals surface area contributed by atoms with Crippen LogP contribution in [0.4, 0.5) is 0 Å². The molecule has 0 atom stereocenters. The van der Waals surface area contributed by atoms with Gasteiger partial charge < -0.3 is 23.5 Å². The topological polar surface area (TPSA) is 108 Å². The van der Waals surface area contributed by atoms with Crippen LogP contribution in [0.3, 0.4) is 0 Å². The predicted molar refractivity (Wildman–Crippen MR) is 128 cm³/mol. The molecule has 1 aromatic rings. The van der Waals surface area contributed by atoms with Crippen molar-refractivity contribution in [3.8, 4) is 5.95 Å². The molecule has 0 saturated heterocycles. The Morgan fingerprint density at radius 1 is 0.882 bits per heavy atom. The van der Waals surface area contributed by atoms with E-state index in [1.54, 1.807) is 6.92 Å². The van der Waals surface area contributed by atoms with E-state index in [4.69, 9.17) is 18.6 Å². The van der Waals surface area contributed by atoms with Gasteiger partial charge in [0.2, 0.25) is 0 Å². The van der Waals surface area contributed by atoms with Crippen LogP contribution in [0.25, 0.3) is 0 Å². The van der Waals surface area contributed by atoms with E-state index in [9.17, 15) is 14.4 Å². The Bertz CT molecular complexity index is 705. The molecule has 0 fully saturated rings. The zero-order valence-electron chi connectivity index (χ0n) is 21.1. The Morgan fingerprint density at radius 3 is 2.06 bits per heavy atom. The molecule has 0 aliphatic carbocycles. The first-order valence-corrected chi connectivity index (χ1v) is 12.6. The zero-order valence-corrected chi connectivity index (χ0v) is 21.1. The summed E-state index contributed by atoms with van der Waals surface area (Å²) in [6, 6.07) is 0. The molecule has 9 heteroatoms. The molecule has 0 aliphatic heterocycles. The average molecular weight is 483 g/mol. The summed E-state index contributed by atoms with van der Waals surface area (Å²) in [6.07, 6.45) is 16.5. The lowest BCUT2D eigenvalue weighted by atomic mass is 10.1. The molecule has 1 heterocycles. The van der Waals surface area contributed by atoms with Gasteiger partial charge in [-0.15, -0.1) is 0 Å². The number of ether oxygens (including phenoxy) is 3. The van der Waals surface area contributed by atoms with Gasteiger partial charge in [0, 0.05) is 7.05 Å². The molecule has 0 unspecified atom stereocenters. The van der Waals surface area contributed by atoms with Crippen LogP contribution in [0.15, 0.2) is 10.6 Å². The van der Waals surface area contributed by atoms with E-state index in [0.717, 1.165) is 17.7 Å². The molecule has 194 valence electrons. The van der Waals surface area contributed by atoms with Gasteiger partial charge in [0.25, 0.3) is 5.91 Å². The first-order chi connectivity index (χ1) is 16.5. The molecule has 34 heavy (non-hydrogen) atoms. The Hall–Kier alpha value is -2.58. The second-order valence-corrected chi connectivity index (χ2v) is 8.35. The molecule has 0 aromatic carbocycles. The number of carbonyl (C=O) groups excluding carboxylic acids is 3. The number of carbonyl (C=O) groups is 3. The van der Waals surface area contributed by atoms with Crippen LogP contribution >= 0.6 is 0 Å². The monoisotopic (exact) mass is 482 g/mol. The van der Waals surface area contributed by atoms with Crippen LogP contribution in [0.2, 0.25) is 0 Å². The third kappa shape index (κ3) is 13.9. The summed E-state index contributed by atoms with van der Waals surface area (Å²) >= 11 is 0. The summed E-state index contributed by atoms with van der Waals surface area (Å²) in [5.41, 5.74) is 0. The van der Waals surface area contributed by atoms with Crippen LogP contribution < -0.4 is 4.74 Å². The summed E-state index contributed by atoms with van der Waals surface area (Å²) in [5, 5.41) is 0.